The number of fused-ring (bicyclic) bond motifs is 1. The molecular formula is C19H18N4O4. The molecule has 1 aromatic carbocycles. The van der Waals surface area contributed by atoms with Crippen molar-refractivity contribution in [3.8, 4) is 0 Å². The maximum Gasteiger partial charge on any atom is 0.261 e. The Bertz CT molecular complexity index is 900. The lowest BCUT2D eigenvalue weighted by Crippen LogP contribution is -2.34. The third-order valence-corrected chi connectivity index (χ3v) is 4.98. The molecule has 2 saturated heterocycles. The Morgan fingerprint density at radius 3 is 2.52 bits per heavy atom. The second-order valence-electron chi connectivity index (χ2n) is 6.62. The topological polar surface area (TPSA) is 106 Å². The molecule has 3 atom stereocenters. The molecule has 4 rings (SSSR count). The number of amides is 3. The van der Waals surface area contributed by atoms with Crippen molar-refractivity contribution < 1.29 is 19.2 Å². The molecule has 8 heteroatoms. The summed E-state index contributed by atoms with van der Waals surface area (Å²) in [5.41, 5.74) is 7.20. The average Bonchev–Trinajstić information content (AvgIpc) is 3.14. The molecule has 0 saturated carbocycles. The number of carbonyl (C=O) groups is 3. The molecule has 2 N–H and O–H groups in total. The predicted octanol–water partition coefficient (Wildman–Crippen LogP) is 0.652. The van der Waals surface area contributed by atoms with E-state index in [1.54, 1.807) is 41.6 Å². The summed E-state index contributed by atoms with van der Waals surface area (Å²) in [6.45, 7) is 0.331. The zero-order chi connectivity index (χ0) is 19.1. The van der Waals surface area contributed by atoms with Crippen LogP contribution in [0.15, 0.2) is 48.7 Å². The van der Waals surface area contributed by atoms with E-state index in [9.17, 15) is 14.4 Å². The molecule has 2 fully saturated rings. The minimum absolute atomic E-state index is 0.271. The summed E-state index contributed by atoms with van der Waals surface area (Å²) >= 11 is 0. The van der Waals surface area contributed by atoms with Crippen molar-refractivity contribution >= 4 is 17.7 Å². The number of hydroxylamine groups is 2. The molecule has 3 heterocycles. The summed E-state index contributed by atoms with van der Waals surface area (Å²) in [6, 6.07) is 11.8. The number of likely N-dealkylation sites (tertiary alicyclic amines) is 1. The van der Waals surface area contributed by atoms with Crippen LogP contribution in [0.5, 0.6) is 0 Å². The normalized spacial score (nSPS) is 25.1. The number of hydrogen-bond acceptors (Lipinski definition) is 6. The van der Waals surface area contributed by atoms with Gasteiger partial charge in [-0.3, -0.25) is 29.1 Å². The van der Waals surface area contributed by atoms with Gasteiger partial charge in [-0.15, -0.1) is 0 Å². The third-order valence-electron chi connectivity index (χ3n) is 4.98. The largest absolute Gasteiger partial charge is 0.366 e. The highest BCUT2D eigenvalue weighted by Crippen LogP contribution is 2.44. The highest BCUT2D eigenvalue weighted by molar-refractivity contribution is 6.07. The number of aromatic nitrogens is 1. The number of primary amides is 1. The fourth-order valence-electron chi connectivity index (χ4n) is 3.58. The Kier molecular flexibility index (Phi) is 4.21. The molecule has 2 aromatic rings. The van der Waals surface area contributed by atoms with E-state index in [1.807, 2.05) is 12.1 Å². The first-order valence-corrected chi connectivity index (χ1v) is 8.52. The van der Waals surface area contributed by atoms with E-state index in [0.717, 1.165) is 10.5 Å². The Hall–Kier alpha value is -3.10. The number of nitrogens with two attached hydrogens (primary N) is 1. The van der Waals surface area contributed by atoms with Gasteiger partial charge in [0.2, 0.25) is 11.8 Å². The number of carbonyl (C=O) groups excluding carboxylic acids is 3. The molecule has 3 amide bonds. The molecule has 1 aromatic heterocycles. The first-order chi connectivity index (χ1) is 13.0. The monoisotopic (exact) mass is 366 g/mol. The zero-order valence-corrected chi connectivity index (χ0v) is 14.6. The van der Waals surface area contributed by atoms with Gasteiger partial charge in [-0.05, 0) is 29.8 Å². The maximum absolute atomic E-state index is 12.6. The lowest BCUT2D eigenvalue weighted by Gasteiger charge is -2.25. The molecular weight excluding hydrogens is 348 g/mol. The second-order valence-corrected chi connectivity index (χ2v) is 6.62. The van der Waals surface area contributed by atoms with Crippen LogP contribution < -0.4 is 5.73 Å². The number of hydrogen-bond donors (Lipinski definition) is 1. The number of rotatable bonds is 4. The van der Waals surface area contributed by atoms with Gasteiger partial charge >= 0.3 is 0 Å². The molecule has 2 aliphatic rings. The summed E-state index contributed by atoms with van der Waals surface area (Å²) < 4.78 is 0. The van der Waals surface area contributed by atoms with Gasteiger partial charge in [0, 0.05) is 25.4 Å². The van der Waals surface area contributed by atoms with Gasteiger partial charge in [0.15, 0.2) is 6.10 Å². The minimum Gasteiger partial charge on any atom is -0.366 e. The average molecular weight is 366 g/mol. The fraction of sp³-hybridized carbons (Fsp3) is 0.263. The standard InChI is InChI=1S/C19H18N4O4/c1-22-18(25)14-15(13-4-2-3-9-21-13)23(27-16(14)19(22)26)10-11-5-7-12(8-6-11)17(20)24/h2-9,14-16H,10H2,1H3,(H2,20,24). The van der Waals surface area contributed by atoms with Gasteiger partial charge in [-0.2, -0.15) is 5.06 Å². The first kappa shape index (κ1) is 17.3. The predicted molar refractivity (Wildman–Crippen MR) is 93.6 cm³/mol. The number of pyridine rings is 1. The number of likely N-dealkylation sites (N-methyl/N-ethyl adjacent to an activating group) is 1. The van der Waals surface area contributed by atoms with Crippen molar-refractivity contribution in [2.24, 2.45) is 11.7 Å². The Morgan fingerprint density at radius 2 is 1.89 bits per heavy atom. The van der Waals surface area contributed by atoms with E-state index in [2.05, 4.69) is 4.98 Å². The summed E-state index contributed by atoms with van der Waals surface area (Å²) in [4.78, 5) is 47.6. The van der Waals surface area contributed by atoms with Gasteiger partial charge in [-0.1, -0.05) is 18.2 Å². The van der Waals surface area contributed by atoms with Crippen molar-refractivity contribution in [2.75, 3.05) is 7.05 Å². The highest BCUT2D eigenvalue weighted by Gasteiger charge is 2.58. The summed E-state index contributed by atoms with van der Waals surface area (Å²) in [5, 5.41) is 1.62. The van der Waals surface area contributed by atoms with Gasteiger partial charge in [0.05, 0.1) is 17.7 Å². The van der Waals surface area contributed by atoms with Gasteiger partial charge in [0.25, 0.3) is 5.91 Å². The quantitative estimate of drug-likeness (QED) is 0.797. The molecule has 0 aliphatic carbocycles. The number of nitrogens with zero attached hydrogens (tertiary/aromatic N) is 3. The molecule has 3 unspecified atom stereocenters. The van der Waals surface area contributed by atoms with Gasteiger partial charge in [-0.25, -0.2) is 0 Å². The van der Waals surface area contributed by atoms with Crippen LogP contribution in [0.3, 0.4) is 0 Å². The lowest BCUT2D eigenvalue weighted by molar-refractivity contribution is -0.183. The van der Waals surface area contributed by atoms with Crippen molar-refractivity contribution in [1.82, 2.24) is 14.9 Å². The Balaban J connectivity index is 1.66. The van der Waals surface area contributed by atoms with Crippen molar-refractivity contribution in [1.29, 1.82) is 0 Å². The van der Waals surface area contributed by atoms with E-state index in [-0.39, 0.29) is 11.8 Å². The SMILES string of the molecule is CN1C(=O)C2ON(Cc3ccc(C(N)=O)cc3)C(c3ccccn3)C2C1=O. The second kappa shape index (κ2) is 6.57. The van der Waals surface area contributed by atoms with Crippen LogP contribution in [0.2, 0.25) is 0 Å². The van der Waals surface area contributed by atoms with Crippen LogP contribution in [-0.4, -0.2) is 45.8 Å². The highest BCUT2D eigenvalue weighted by atomic mass is 16.7. The van der Waals surface area contributed by atoms with E-state index in [0.29, 0.717) is 17.8 Å². The van der Waals surface area contributed by atoms with Crippen LogP contribution in [0.4, 0.5) is 0 Å². The van der Waals surface area contributed by atoms with Crippen LogP contribution in [-0.2, 0) is 21.0 Å². The molecule has 8 nitrogen and oxygen atoms in total. The number of imide groups is 1. The fourth-order valence-corrected chi connectivity index (χ4v) is 3.58. The molecule has 0 radical (unpaired) electrons. The van der Waals surface area contributed by atoms with Crippen LogP contribution in [0, 0.1) is 5.92 Å². The molecule has 0 bridgehead atoms. The van der Waals surface area contributed by atoms with Gasteiger partial charge in [0.1, 0.15) is 0 Å². The molecule has 2 aliphatic heterocycles. The molecule has 0 spiro atoms. The Labute approximate surface area is 155 Å². The smallest absolute Gasteiger partial charge is 0.261 e. The summed E-state index contributed by atoms with van der Waals surface area (Å²) in [6.07, 6.45) is 0.799. The van der Waals surface area contributed by atoms with E-state index in [4.69, 9.17) is 10.6 Å². The van der Waals surface area contributed by atoms with Crippen molar-refractivity contribution in [3.63, 3.8) is 0 Å². The van der Waals surface area contributed by atoms with E-state index < -0.39 is 24.0 Å². The van der Waals surface area contributed by atoms with Crippen molar-refractivity contribution in [2.45, 2.75) is 18.7 Å². The van der Waals surface area contributed by atoms with E-state index in [1.165, 1.54) is 7.05 Å². The van der Waals surface area contributed by atoms with Gasteiger partial charge < -0.3 is 5.73 Å². The zero-order valence-electron chi connectivity index (χ0n) is 14.6. The number of benzene rings is 1. The first-order valence-electron chi connectivity index (χ1n) is 8.52. The van der Waals surface area contributed by atoms with Crippen LogP contribution in [0.1, 0.15) is 27.7 Å². The lowest BCUT2D eigenvalue weighted by atomic mass is 9.93. The van der Waals surface area contributed by atoms with Crippen LogP contribution >= 0.6 is 0 Å². The van der Waals surface area contributed by atoms with Crippen LogP contribution in [0.25, 0.3) is 0 Å². The summed E-state index contributed by atoms with van der Waals surface area (Å²) in [5.74, 6) is -1.76. The Morgan fingerprint density at radius 1 is 1.15 bits per heavy atom. The summed E-state index contributed by atoms with van der Waals surface area (Å²) in [7, 11) is 1.47. The maximum atomic E-state index is 12.6. The molecule has 27 heavy (non-hydrogen) atoms. The third kappa shape index (κ3) is 2.88. The van der Waals surface area contributed by atoms with E-state index >= 15 is 0 Å². The minimum atomic E-state index is -0.848. The van der Waals surface area contributed by atoms with Crippen molar-refractivity contribution in [3.05, 3.63) is 65.5 Å². The molecule has 138 valence electrons.